The van der Waals surface area contributed by atoms with Gasteiger partial charge >= 0.3 is 0 Å². The number of ether oxygens (including phenoxy) is 1. The summed E-state index contributed by atoms with van der Waals surface area (Å²) in [7, 11) is 0. The summed E-state index contributed by atoms with van der Waals surface area (Å²) < 4.78 is 5.10. The highest BCUT2D eigenvalue weighted by molar-refractivity contribution is 4.81. The quantitative estimate of drug-likeness (QED) is 0.608. The highest BCUT2D eigenvalue weighted by Crippen LogP contribution is 2.02. The molecule has 88 valence electrons. The summed E-state index contributed by atoms with van der Waals surface area (Å²) in [6, 6.07) is 0. The van der Waals surface area contributed by atoms with Gasteiger partial charge in [0.1, 0.15) is 0 Å². The van der Waals surface area contributed by atoms with Crippen LogP contribution in [-0.2, 0) is 4.74 Å². The molecule has 0 saturated heterocycles. The second-order valence-electron chi connectivity index (χ2n) is 3.93. The fourth-order valence-corrected chi connectivity index (χ4v) is 0.881. The summed E-state index contributed by atoms with van der Waals surface area (Å²) >= 11 is 0. The molecular formula is C12H22O3. The van der Waals surface area contributed by atoms with Gasteiger partial charge in [-0.05, 0) is 36.8 Å². The van der Waals surface area contributed by atoms with Crippen molar-refractivity contribution in [2.45, 2.75) is 26.7 Å². The van der Waals surface area contributed by atoms with E-state index in [-0.39, 0.29) is 25.0 Å². The second kappa shape index (κ2) is 9.74. The first-order valence-corrected chi connectivity index (χ1v) is 5.37. The SMILES string of the molecule is CC(CO)CC=COC=CCC(C)CO. The molecule has 0 saturated carbocycles. The summed E-state index contributed by atoms with van der Waals surface area (Å²) in [5.74, 6) is 0.562. The molecule has 3 nitrogen and oxygen atoms in total. The highest BCUT2D eigenvalue weighted by atomic mass is 16.5. The van der Waals surface area contributed by atoms with Crippen LogP contribution in [0.4, 0.5) is 0 Å². The second-order valence-corrected chi connectivity index (χ2v) is 3.93. The number of hydrogen-bond acceptors (Lipinski definition) is 3. The van der Waals surface area contributed by atoms with Gasteiger partial charge in [-0.3, -0.25) is 0 Å². The molecule has 0 fully saturated rings. The molecule has 0 spiro atoms. The summed E-state index contributed by atoms with van der Waals surface area (Å²) in [6.07, 6.45) is 8.65. The fraction of sp³-hybridized carbons (Fsp3) is 0.667. The standard InChI is InChI=1S/C12H22O3/c1-11(9-13)5-3-7-15-8-4-6-12(2)10-14/h3-4,7-8,11-14H,5-6,9-10H2,1-2H3. The van der Waals surface area contributed by atoms with E-state index in [9.17, 15) is 0 Å². The topological polar surface area (TPSA) is 49.7 Å². The van der Waals surface area contributed by atoms with E-state index in [1.165, 1.54) is 0 Å². The van der Waals surface area contributed by atoms with Crippen molar-refractivity contribution >= 4 is 0 Å². The smallest absolute Gasteiger partial charge is 0.0861 e. The van der Waals surface area contributed by atoms with E-state index >= 15 is 0 Å². The summed E-state index contributed by atoms with van der Waals surface area (Å²) in [6.45, 7) is 4.36. The van der Waals surface area contributed by atoms with Crippen LogP contribution in [-0.4, -0.2) is 23.4 Å². The van der Waals surface area contributed by atoms with Crippen molar-refractivity contribution in [1.82, 2.24) is 0 Å². The van der Waals surface area contributed by atoms with Gasteiger partial charge in [0.2, 0.25) is 0 Å². The molecule has 0 aliphatic carbocycles. The van der Waals surface area contributed by atoms with Gasteiger partial charge in [0, 0.05) is 13.2 Å². The van der Waals surface area contributed by atoms with Gasteiger partial charge in [0.15, 0.2) is 0 Å². The van der Waals surface area contributed by atoms with E-state index in [1.54, 1.807) is 12.5 Å². The first-order valence-electron chi connectivity index (χ1n) is 5.37. The fourth-order valence-electron chi connectivity index (χ4n) is 0.881. The Morgan fingerprint density at radius 3 is 1.67 bits per heavy atom. The van der Waals surface area contributed by atoms with Gasteiger partial charge in [0.25, 0.3) is 0 Å². The third kappa shape index (κ3) is 9.50. The average molecular weight is 214 g/mol. The molecule has 0 bridgehead atoms. The lowest BCUT2D eigenvalue weighted by atomic mass is 10.1. The molecule has 0 aromatic carbocycles. The van der Waals surface area contributed by atoms with Crippen molar-refractivity contribution in [3.63, 3.8) is 0 Å². The molecule has 2 atom stereocenters. The van der Waals surface area contributed by atoms with Crippen molar-refractivity contribution in [2.75, 3.05) is 13.2 Å². The Labute approximate surface area is 92.1 Å². The zero-order valence-electron chi connectivity index (χ0n) is 9.60. The van der Waals surface area contributed by atoms with E-state index < -0.39 is 0 Å². The molecular weight excluding hydrogens is 192 g/mol. The monoisotopic (exact) mass is 214 g/mol. The molecule has 0 rings (SSSR count). The minimum atomic E-state index is 0.203. The van der Waals surface area contributed by atoms with Crippen LogP contribution >= 0.6 is 0 Å². The summed E-state index contributed by atoms with van der Waals surface area (Å²) in [5.41, 5.74) is 0. The van der Waals surface area contributed by atoms with Crippen LogP contribution in [0, 0.1) is 11.8 Å². The number of hydrogen-bond donors (Lipinski definition) is 2. The molecule has 0 aliphatic heterocycles. The van der Waals surface area contributed by atoms with Gasteiger partial charge in [-0.25, -0.2) is 0 Å². The van der Waals surface area contributed by atoms with Crippen molar-refractivity contribution in [1.29, 1.82) is 0 Å². The minimum absolute atomic E-state index is 0.203. The normalized spacial score (nSPS) is 16.0. The van der Waals surface area contributed by atoms with Crippen molar-refractivity contribution < 1.29 is 14.9 Å². The molecule has 0 heterocycles. The predicted molar refractivity (Wildman–Crippen MR) is 61.1 cm³/mol. The van der Waals surface area contributed by atoms with Crippen molar-refractivity contribution in [2.24, 2.45) is 11.8 Å². The maximum atomic E-state index is 8.75. The third-order valence-electron chi connectivity index (χ3n) is 2.05. The largest absolute Gasteiger partial charge is 0.473 e. The number of aliphatic hydroxyl groups is 2. The lowest BCUT2D eigenvalue weighted by molar-refractivity contribution is 0.237. The molecule has 15 heavy (non-hydrogen) atoms. The van der Waals surface area contributed by atoms with Crippen LogP contribution < -0.4 is 0 Å². The molecule has 0 amide bonds. The predicted octanol–water partition coefficient (Wildman–Crippen LogP) is 2.07. The van der Waals surface area contributed by atoms with Gasteiger partial charge in [-0.2, -0.15) is 0 Å². The van der Waals surface area contributed by atoms with Gasteiger partial charge in [-0.15, -0.1) is 0 Å². The molecule has 3 heteroatoms. The highest BCUT2D eigenvalue weighted by Gasteiger charge is 1.95. The first kappa shape index (κ1) is 14.2. The Morgan fingerprint density at radius 2 is 1.33 bits per heavy atom. The van der Waals surface area contributed by atoms with E-state index in [4.69, 9.17) is 14.9 Å². The van der Waals surface area contributed by atoms with E-state index in [2.05, 4.69) is 0 Å². The van der Waals surface area contributed by atoms with Crippen molar-refractivity contribution in [3.05, 3.63) is 24.7 Å². The Hall–Kier alpha value is -0.800. The van der Waals surface area contributed by atoms with Crippen molar-refractivity contribution in [3.8, 4) is 0 Å². The maximum absolute atomic E-state index is 8.75. The van der Waals surface area contributed by atoms with Crippen LogP contribution in [0.1, 0.15) is 26.7 Å². The lowest BCUT2D eigenvalue weighted by Gasteiger charge is -2.02. The lowest BCUT2D eigenvalue weighted by Crippen LogP contribution is -1.98. The minimum Gasteiger partial charge on any atom is -0.473 e. The van der Waals surface area contributed by atoms with Gasteiger partial charge in [0.05, 0.1) is 12.5 Å². The maximum Gasteiger partial charge on any atom is 0.0861 e. The Kier molecular flexibility index (Phi) is 9.22. The molecule has 0 aromatic heterocycles. The third-order valence-corrected chi connectivity index (χ3v) is 2.05. The van der Waals surface area contributed by atoms with E-state index in [0.717, 1.165) is 12.8 Å². The number of aliphatic hydroxyl groups excluding tert-OH is 2. The molecule has 0 aromatic rings. The summed E-state index contributed by atoms with van der Waals surface area (Å²) in [4.78, 5) is 0. The zero-order valence-corrected chi connectivity index (χ0v) is 9.60. The first-order chi connectivity index (χ1) is 7.20. The van der Waals surface area contributed by atoms with Crippen LogP contribution in [0.5, 0.6) is 0 Å². The summed E-state index contributed by atoms with van der Waals surface area (Å²) in [5, 5.41) is 17.5. The Morgan fingerprint density at radius 1 is 0.933 bits per heavy atom. The van der Waals surface area contributed by atoms with Gasteiger partial charge < -0.3 is 14.9 Å². The molecule has 0 aliphatic rings. The van der Waals surface area contributed by atoms with Crippen LogP contribution in [0.25, 0.3) is 0 Å². The number of rotatable bonds is 8. The molecule has 2 N–H and O–H groups in total. The Balaban J connectivity index is 3.44. The van der Waals surface area contributed by atoms with Crippen LogP contribution in [0.3, 0.4) is 0 Å². The zero-order chi connectivity index (χ0) is 11.5. The number of allylic oxidation sites excluding steroid dienone is 2. The van der Waals surface area contributed by atoms with E-state index in [1.807, 2.05) is 26.0 Å². The Bertz CT molecular complexity index is 167. The molecule has 2 unspecified atom stereocenters. The van der Waals surface area contributed by atoms with Crippen LogP contribution in [0.15, 0.2) is 24.7 Å². The van der Waals surface area contributed by atoms with Crippen LogP contribution in [0.2, 0.25) is 0 Å². The van der Waals surface area contributed by atoms with Gasteiger partial charge in [-0.1, -0.05) is 13.8 Å². The average Bonchev–Trinajstić information content (AvgIpc) is 2.26. The molecule has 0 radical (unpaired) electrons. The van der Waals surface area contributed by atoms with E-state index in [0.29, 0.717) is 0 Å².